The van der Waals surface area contributed by atoms with Gasteiger partial charge in [-0.25, -0.2) is 0 Å². The summed E-state index contributed by atoms with van der Waals surface area (Å²) in [6, 6.07) is 6.02. The van der Waals surface area contributed by atoms with Crippen molar-refractivity contribution in [3.63, 3.8) is 0 Å². The number of benzene rings is 1. The van der Waals surface area contributed by atoms with Gasteiger partial charge in [0.25, 0.3) is 0 Å². The van der Waals surface area contributed by atoms with E-state index in [0.29, 0.717) is 6.61 Å². The number of hydrogen-bond acceptors (Lipinski definition) is 3. The lowest BCUT2D eigenvalue weighted by molar-refractivity contribution is -0.911. The maximum Gasteiger partial charge on any atom is 0.137 e. The first-order chi connectivity index (χ1) is 9.15. The molecule has 0 aromatic heterocycles. The van der Waals surface area contributed by atoms with Gasteiger partial charge >= 0.3 is 0 Å². The zero-order valence-electron chi connectivity index (χ0n) is 11.8. The molecule has 106 valence electrons. The van der Waals surface area contributed by atoms with Crippen LogP contribution in [0.4, 0.5) is 0 Å². The molecule has 0 bridgehead atoms. The molecule has 0 radical (unpaired) electrons. The molecule has 0 spiro atoms. The average molecular weight is 266 g/mol. The Balaban J connectivity index is 1.75. The molecule has 1 aliphatic heterocycles. The summed E-state index contributed by atoms with van der Waals surface area (Å²) < 4.78 is 11.0. The Labute approximate surface area is 114 Å². The number of ether oxygens (including phenoxy) is 2. The lowest BCUT2D eigenvalue weighted by Crippen LogP contribution is -3.15. The van der Waals surface area contributed by atoms with Crippen molar-refractivity contribution in [1.29, 1.82) is 0 Å². The van der Waals surface area contributed by atoms with Crippen molar-refractivity contribution < 1.29 is 19.5 Å². The molecule has 1 unspecified atom stereocenters. The highest BCUT2D eigenvalue weighted by molar-refractivity contribution is 5.33. The lowest BCUT2D eigenvalue weighted by Gasteiger charge is -2.25. The van der Waals surface area contributed by atoms with E-state index in [2.05, 4.69) is 13.8 Å². The first kappa shape index (κ1) is 14.3. The molecule has 1 aromatic carbocycles. The number of aryl methyl sites for hydroxylation is 2. The zero-order valence-corrected chi connectivity index (χ0v) is 11.8. The Hall–Kier alpha value is -1.10. The predicted octanol–water partition coefficient (Wildman–Crippen LogP) is -0.0418. The SMILES string of the molecule is Cc1ccc(OCC(O)C[NH+]2CCOCC2)cc1C. The van der Waals surface area contributed by atoms with Crippen LogP contribution >= 0.6 is 0 Å². The van der Waals surface area contributed by atoms with Crippen molar-refractivity contribution in [2.24, 2.45) is 0 Å². The predicted molar refractivity (Wildman–Crippen MR) is 73.8 cm³/mol. The van der Waals surface area contributed by atoms with E-state index in [0.717, 1.165) is 38.6 Å². The van der Waals surface area contributed by atoms with Gasteiger partial charge in [0.2, 0.25) is 0 Å². The van der Waals surface area contributed by atoms with Crippen LogP contribution in [0.1, 0.15) is 11.1 Å². The summed E-state index contributed by atoms with van der Waals surface area (Å²) in [4.78, 5) is 1.39. The van der Waals surface area contributed by atoms with Gasteiger partial charge in [-0.3, -0.25) is 0 Å². The molecule has 1 fully saturated rings. The van der Waals surface area contributed by atoms with Gasteiger partial charge in [-0.1, -0.05) is 6.07 Å². The van der Waals surface area contributed by atoms with Gasteiger partial charge in [-0.05, 0) is 37.1 Å². The van der Waals surface area contributed by atoms with Crippen molar-refractivity contribution in [2.75, 3.05) is 39.5 Å². The van der Waals surface area contributed by atoms with E-state index < -0.39 is 6.10 Å². The van der Waals surface area contributed by atoms with E-state index in [4.69, 9.17) is 9.47 Å². The monoisotopic (exact) mass is 266 g/mol. The molecule has 4 nitrogen and oxygen atoms in total. The number of hydrogen-bond donors (Lipinski definition) is 2. The third kappa shape index (κ3) is 4.49. The molecule has 0 aliphatic carbocycles. The van der Waals surface area contributed by atoms with Crippen molar-refractivity contribution in [3.05, 3.63) is 29.3 Å². The fourth-order valence-corrected chi connectivity index (χ4v) is 2.25. The summed E-state index contributed by atoms with van der Waals surface area (Å²) in [5, 5.41) is 10.00. The molecule has 2 rings (SSSR count). The molecule has 1 heterocycles. The minimum atomic E-state index is -0.422. The zero-order chi connectivity index (χ0) is 13.7. The minimum Gasteiger partial charge on any atom is -0.491 e. The van der Waals surface area contributed by atoms with Crippen LogP contribution in [-0.4, -0.2) is 50.7 Å². The fraction of sp³-hybridized carbons (Fsp3) is 0.600. The molecule has 0 saturated carbocycles. The number of morpholine rings is 1. The van der Waals surface area contributed by atoms with Crippen LogP contribution in [0.25, 0.3) is 0 Å². The quantitative estimate of drug-likeness (QED) is 0.786. The number of rotatable bonds is 5. The Kier molecular flexibility index (Phi) is 5.19. The third-order valence-corrected chi connectivity index (χ3v) is 3.64. The van der Waals surface area contributed by atoms with E-state index in [1.165, 1.54) is 16.0 Å². The Morgan fingerprint density at radius 2 is 2.00 bits per heavy atom. The van der Waals surface area contributed by atoms with Crippen molar-refractivity contribution in [2.45, 2.75) is 20.0 Å². The molecule has 0 amide bonds. The van der Waals surface area contributed by atoms with Crippen LogP contribution in [0.2, 0.25) is 0 Å². The van der Waals surface area contributed by atoms with Crippen LogP contribution in [0.5, 0.6) is 5.75 Å². The maximum atomic E-state index is 10.00. The second kappa shape index (κ2) is 6.89. The van der Waals surface area contributed by atoms with Crippen molar-refractivity contribution >= 4 is 0 Å². The molecular formula is C15H24NO3+. The van der Waals surface area contributed by atoms with Crippen LogP contribution in [0.3, 0.4) is 0 Å². The third-order valence-electron chi connectivity index (χ3n) is 3.64. The van der Waals surface area contributed by atoms with E-state index in [-0.39, 0.29) is 0 Å². The highest BCUT2D eigenvalue weighted by Gasteiger charge is 2.18. The first-order valence-electron chi connectivity index (χ1n) is 6.94. The van der Waals surface area contributed by atoms with Gasteiger partial charge in [-0.2, -0.15) is 0 Å². The maximum absolute atomic E-state index is 10.00. The summed E-state index contributed by atoms with van der Waals surface area (Å²) in [6.07, 6.45) is -0.422. The van der Waals surface area contributed by atoms with Gasteiger partial charge < -0.3 is 19.5 Å². The molecule has 1 atom stereocenters. The molecule has 1 aliphatic rings. The minimum absolute atomic E-state index is 0.354. The van der Waals surface area contributed by atoms with Crippen LogP contribution in [0.15, 0.2) is 18.2 Å². The van der Waals surface area contributed by atoms with Crippen molar-refractivity contribution in [3.8, 4) is 5.75 Å². The molecule has 1 aromatic rings. The normalized spacial score (nSPS) is 18.3. The van der Waals surface area contributed by atoms with Crippen LogP contribution in [-0.2, 0) is 4.74 Å². The van der Waals surface area contributed by atoms with E-state index in [1.54, 1.807) is 0 Å². The second-order valence-electron chi connectivity index (χ2n) is 5.28. The van der Waals surface area contributed by atoms with E-state index in [9.17, 15) is 5.11 Å². The summed E-state index contributed by atoms with van der Waals surface area (Å²) >= 11 is 0. The Bertz CT molecular complexity index is 402. The smallest absolute Gasteiger partial charge is 0.137 e. The van der Waals surface area contributed by atoms with Gasteiger partial charge in [0, 0.05) is 0 Å². The number of nitrogens with one attached hydrogen (secondary N) is 1. The molecular weight excluding hydrogens is 242 g/mol. The Morgan fingerprint density at radius 3 is 2.68 bits per heavy atom. The molecule has 19 heavy (non-hydrogen) atoms. The van der Waals surface area contributed by atoms with Gasteiger partial charge in [-0.15, -0.1) is 0 Å². The highest BCUT2D eigenvalue weighted by Crippen LogP contribution is 2.16. The topological polar surface area (TPSA) is 43.1 Å². The largest absolute Gasteiger partial charge is 0.491 e. The van der Waals surface area contributed by atoms with Gasteiger partial charge in [0.15, 0.2) is 0 Å². The van der Waals surface area contributed by atoms with Crippen molar-refractivity contribution in [1.82, 2.24) is 0 Å². The summed E-state index contributed by atoms with van der Waals surface area (Å²) in [5.41, 5.74) is 2.47. The Morgan fingerprint density at radius 1 is 1.26 bits per heavy atom. The van der Waals surface area contributed by atoms with E-state index >= 15 is 0 Å². The van der Waals surface area contributed by atoms with E-state index in [1.807, 2.05) is 18.2 Å². The standard InChI is InChI=1S/C15H23NO3/c1-12-3-4-15(9-13(12)2)19-11-14(17)10-16-5-7-18-8-6-16/h3-4,9,14,17H,5-8,10-11H2,1-2H3/p+1. The van der Waals surface area contributed by atoms with Gasteiger partial charge in [0.05, 0.1) is 13.2 Å². The molecule has 1 saturated heterocycles. The average Bonchev–Trinajstić information content (AvgIpc) is 2.41. The number of quaternary nitrogens is 1. The van der Waals surface area contributed by atoms with Gasteiger partial charge in [0.1, 0.15) is 38.1 Å². The summed E-state index contributed by atoms with van der Waals surface area (Å²) in [5.74, 6) is 0.833. The first-order valence-corrected chi connectivity index (χ1v) is 6.94. The van der Waals surface area contributed by atoms with Crippen LogP contribution in [0, 0.1) is 13.8 Å². The fourth-order valence-electron chi connectivity index (χ4n) is 2.25. The van der Waals surface area contributed by atoms with Crippen LogP contribution < -0.4 is 9.64 Å². The summed E-state index contributed by atoms with van der Waals surface area (Å²) in [7, 11) is 0. The molecule has 2 N–H and O–H groups in total. The number of aliphatic hydroxyl groups excluding tert-OH is 1. The molecule has 4 heteroatoms. The second-order valence-corrected chi connectivity index (χ2v) is 5.28. The number of aliphatic hydroxyl groups is 1. The highest BCUT2D eigenvalue weighted by atomic mass is 16.5. The summed E-state index contributed by atoms with van der Waals surface area (Å²) in [6.45, 7) is 8.76. The lowest BCUT2D eigenvalue weighted by atomic mass is 10.1.